The van der Waals surface area contributed by atoms with Crippen molar-refractivity contribution in [3.05, 3.63) is 108 Å². The Hall–Kier alpha value is -4.30. The van der Waals surface area contributed by atoms with E-state index in [1.54, 1.807) is 36.4 Å². The molecule has 178 valence electrons. The van der Waals surface area contributed by atoms with Gasteiger partial charge in [0, 0.05) is 11.3 Å². The van der Waals surface area contributed by atoms with E-state index in [-0.39, 0.29) is 16.5 Å². The summed E-state index contributed by atoms with van der Waals surface area (Å²) in [4.78, 5) is 12.6. The number of amides is 1. The van der Waals surface area contributed by atoms with E-state index in [2.05, 4.69) is 10.0 Å². The van der Waals surface area contributed by atoms with Crippen LogP contribution in [0, 0.1) is 6.92 Å². The molecule has 1 amide bonds. The largest absolute Gasteiger partial charge is 0.495 e. The van der Waals surface area contributed by atoms with Crippen molar-refractivity contribution >= 4 is 27.3 Å². The van der Waals surface area contributed by atoms with Gasteiger partial charge in [-0.1, -0.05) is 35.9 Å². The maximum Gasteiger partial charge on any atom is 0.261 e. The Labute approximate surface area is 204 Å². The second-order valence-corrected chi connectivity index (χ2v) is 9.41. The molecule has 0 radical (unpaired) electrons. The first kappa shape index (κ1) is 23.8. The smallest absolute Gasteiger partial charge is 0.261 e. The van der Waals surface area contributed by atoms with Crippen LogP contribution in [0.5, 0.6) is 17.2 Å². The van der Waals surface area contributed by atoms with E-state index in [4.69, 9.17) is 9.47 Å². The van der Waals surface area contributed by atoms with E-state index in [0.717, 1.165) is 5.56 Å². The van der Waals surface area contributed by atoms with Crippen molar-refractivity contribution in [2.75, 3.05) is 17.1 Å². The third kappa shape index (κ3) is 5.99. The zero-order valence-electron chi connectivity index (χ0n) is 19.2. The standard InChI is InChI=1S/C27H24N2O5S/c1-19-8-10-20(11-9-19)27(30)28-25-18-24(16-17-26(25)33-2)35(31,32)29-21-12-14-23(15-13-21)34-22-6-4-3-5-7-22/h3-18,29H,1-2H3,(H,28,30). The van der Waals surface area contributed by atoms with Gasteiger partial charge in [-0.2, -0.15) is 0 Å². The molecular formula is C27H24N2O5S. The van der Waals surface area contributed by atoms with Gasteiger partial charge in [-0.3, -0.25) is 9.52 Å². The van der Waals surface area contributed by atoms with E-state index < -0.39 is 10.0 Å². The molecule has 4 aromatic rings. The number of methoxy groups -OCH3 is 1. The molecule has 0 fully saturated rings. The van der Waals surface area contributed by atoms with Crippen LogP contribution in [0.15, 0.2) is 102 Å². The van der Waals surface area contributed by atoms with Crippen LogP contribution in [-0.2, 0) is 10.0 Å². The number of para-hydroxylation sites is 1. The Morgan fingerprint density at radius 3 is 2.11 bits per heavy atom. The van der Waals surface area contributed by atoms with Gasteiger partial charge < -0.3 is 14.8 Å². The second-order valence-electron chi connectivity index (χ2n) is 7.73. The molecule has 0 aromatic heterocycles. The highest BCUT2D eigenvalue weighted by Gasteiger charge is 2.18. The quantitative estimate of drug-likeness (QED) is 0.325. The van der Waals surface area contributed by atoms with E-state index in [0.29, 0.717) is 28.5 Å². The van der Waals surface area contributed by atoms with Crippen LogP contribution in [-0.4, -0.2) is 21.4 Å². The molecular weight excluding hydrogens is 464 g/mol. The number of sulfonamides is 1. The first-order chi connectivity index (χ1) is 16.8. The fraction of sp³-hybridized carbons (Fsp3) is 0.0741. The van der Waals surface area contributed by atoms with E-state index >= 15 is 0 Å². The van der Waals surface area contributed by atoms with Gasteiger partial charge in [0.1, 0.15) is 17.2 Å². The Morgan fingerprint density at radius 1 is 0.800 bits per heavy atom. The molecule has 2 N–H and O–H groups in total. The number of anilines is 2. The van der Waals surface area contributed by atoms with Crippen LogP contribution >= 0.6 is 0 Å². The van der Waals surface area contributed by atoms with E-state index in [1.165, 1.54) is 25.3 Å². The first-order valence-electron chi connectivity index (χ1n) is 10.8. The molecule has 0 unspecified atom stereocenters. The fourth-order valence-corrected chi connectivity index (χ4v) is 4.37. The number of hydrogen-bond donors (Lipinski definition) is 2. The molecule has 0 aliphatic rings. The molecule has 4 aromatic carbocycles. The summed E-state index contributed by atoms with van der Waals surface area (Å²) >= 11 is 0. The minimum atomic E-state index is -3.94. The molecule has 0 bridgehead atoms. The minimum absolute atomic E-state index is 0.0258. The molecule has 0 heterocycles. The highest BCUT2D eigenvalue weighted by atomic mass is 32.2. The summed E-state index contributed by atoms with van der Waals surface area (Å²) in [6.07, 6.45) is 0. The predicted octanol–water partition coefficient (Wildman–Crippen LogP) is 5.85. The summed E-state index contributed by atoms with van der Waals surface area (Å²) in [7, 11) is -2.49. The summed E-state index contributed by atoms with van der Waals surface area (Å²) in [5, 5.41) is 2.73. The zero-order chi connectivity index (χ0) is 24.8. The zero-order valence-corrected chi connectivity index (χ0v) is 20.0. The van der Waals surface area contributed by atoms with E-state index in [1.807, 2.05) is 49.4 Å². The topological polar surface area (TPSA) is 93.7 Å². The maximum atomic E-state index is 13.0. The molecule has 0 atom stereocenters. The Bertz CT molecular complexity index is 1420. The first-order valence-corrected chi connectivity index (χ1v) is 12.2. The molecule has 0 aliphatic carbocycles. The van der Waals surface area contributed by atoms with Crippen LogP contribution in [0.1, 0.15) is 15.9 Å². The van der Waals surface area contributed by atoms with Crippen molar-refractivity contribution in [3.63, 3.8) is 0 Å². The van der Waals surface area contributed by atoms with Gasteiger partial charge in [-0.25, -0.2) is 8.42 Å². The lowest BCUT2D eigenvalue weighted by molar-refractivity contribution is 0.102. The number of carbonyl (C=O) groups is 1. The van der Waals surface area contributed by atoms with Gasteiger partial charge in [0.15, 0.2) is 0 Å². The number of benzene rings is 4. The SMILES string of the molecule is COc1ccc(S(=O)(=O)Nc2ccc(Oc3ccccc3)cc2)cc1NC(=O)c1ccc(C)cc1. The molecule has 35 heavy (non-hydrogen) atoms. The summed E-state index contributed by atoms with van der Waals surface area (Å²) < 4.78 is 39.6. The lowest BCUT2D eigenvalue weighted by Gasteiger charge is -2.14. The van der Waals surface area contributed by atoms with Crippen LogP contribution < -0.4 is 19.5 Å². The molecule has 8 heteroatoms. The van der Waals surface area contributed by atoms with Gasteiger partial charge in [0.2, 0.25) is 0 Å². The summed E-state index contributed by atoms with van der Waals surface area (Å²) in [6, 6.07) is 27.2. The number of rotatable bonds is 8. The number of nitrogens with one attached hydrogen (secondary N) is 2. The van der Waals surface area contributed by atoms with Gasteiger partial charge >= 0.3 is 0 Å². The minimum Gasteiger partial charge on any atom is -0.495 e. The predicted molar refractivity (Wildman–Crippen MR) is 136 cm³/mol. The average Bonchev–Trinajstić information content (AvgIpc) is 2.86. The molecule has 0 saturated carbocycles. The van der Waals surface area contributed by atoms with Crippen molar-refractivity contribution in [1.82, 2.24) is 0 Å². The highest BCUT2D eigenvalue weighted by molar-refractivity contribution is 7.92. The third-order valence-electron chi connectivity index (χ3n) is 5.13. The van der Waals surface area contributed by atoms with Gasteiger partial charge in [-0.05, 0) is 73.7 Å². The Kier molecular flexibility index (Phi) is 7.03. The number of hydrogen-bond acceptors (Lipinski definition) is 5. The average molecular weight is 489 g/mol. The lowest BCUT2D eigenvalue weighted by atomic mass is 10.1. The fourth-order valence-electron chi connectivity index (χ4n) is 3.28. The Morgan fingerprint density at radius 2 is 1.46 bits per heavy atom. The number of ether oxygens (including phenoxy) is 2. The van der Waals surface area contributed by atoms with Crippen molar-refractivity contribution in [3.8, 4) is 17.2 Å². The third-order valence-corrected chi connectivity index (χ3v) is 6.51. The summed E-state index contributed by atoms with van der Waals surface area (Å²) in [5.74, 6) is 1.22. The molecule has 7 nitrogen and oxygen atoms in total. The molecule has 0 spiro atoms. The van der Waals surface area contributed by atoms with Crippen molar-refractivity contribution < 1.29 is 22.7 Å². The van der Waals surface area contributed by atoms with Crippen LogP contribution in [0.2, 0.25) is 0 Å². The van der Waals surface area contributed by atoms with Crippen LogP contribution in [0.25, 0.3) is 0 Å². The van der Waals surface area contributed by atoms with Crippen LogP contribution in [0.3, 0.4) is 0 Å². The second kappa shape index (κ2) is 10.3. The van der Waals surface area contributed by atoms with Crippen molar-refractivity contribution in [2.45, 2.75) is 11.8 Å². The number of aryl methyl sites for hydroxylation is 1. The van der Waals surface area contributed by atoms with Gasteiger partial charge in [0.05, 0.1) is 17.7 Å². The maximum absolute atomic E-state index is 13.0. The normalized spacial score (nSPS) is 10.9. The van der Waals surface area contributed by atoms with Crippen molar-refractivity contribution in [1.29, 1.82) is 0 Å². The van der Waals surface area contributed by atoms with Gasteiger partial charge in [-0.15, -0.1) is 0 Å². The summed E-state index contributed by atoms with van der Waals surface area (Å²) in [5.41, 5.74) is 2.08. The van der Waals surface area contributed by atoms with Crippen molar-refractivity contribution in [2.24, 2.45) is 0 Å². The highest BCUT2D eigenvalue weighted by Crippen LogP contribution is 2.30. The monoisotopic (exact) mass is 488 g/mol. The van der Waals surface area contributed by atoms with Gasteiger partial charge in [0.25, 0.3) is 15.9 Å². The molecule has 0 aliphatic heterocycles. The lowest BCUT2D eigenvalue weighted by Crippen LogP contribution is -2.15. The van der Waals surface area contributed by atoms with E-state index in [9.17, 15) is 13.2 Å². The molecule has 0 saturated heterocycles. The molecule has 4 rings (SSSR count). The number of carbonyl (C=O) groups excluding carboxylic acids is 1. The van der Waals surface area contributed by atoms with Crippen LogP contribution in [0.4, 0.5) is 11.4 Å². The summed E-state index contributed by atoms with van der Waals surface area (Å²) in [6.45, 7) is 1.93. The Balaban J connectivity index is 1.51.